The molecule has 2 amide bonds. The summed E-state index contributed by atoms with van der Waals surface area (Å²) in [5.74, 6) is -1.81. The van der Waals surface area contributed by atoms with Gasteiger partial charge in [-0.25, -0.2) is 4.79 Å². The standard InChI is InChI=1S/C18H16N4O5S2/c19-12(8-1-3-9(23)4-2-8)15(24)21-13-16(25)22-14(18(26)27)10(6-28-17(13)22)11-5-20-7-29-11/h1-5,7,12-13,17,23H,6,19H2,(H,21,24)(H,26,27). The predicted octanol–water partition coefficient (Wildman–Crippen LogP) is 0.744. The Hall–Kier alpha value is -2.89. The number of carboxylic acids is 1. The number of carboxylic acid groups (broad SMARTS) is 1. The molecule has 9 nitrogen and oxygen atoms in total. The minimum absolute atomic E-state index is 0.0505. The molecular formula is C18H16N4O5S2. The monoisotopic (exact) mass is 432 g/mol. The Balaban J connectivity index is 1.52. The number of benzene rings is 1. The zero-order valence-corrected chi connectivity index (χ0v) is 16.4. The van der Waals surface area contributed by atoms with Gasteiger partial charge in [-0.3, -0.25) is 19.5 Å². The highest BCUT2D eigenvalue weighted by molar-refractivity contribution is 8.00. The van der Waals surface area contributed by atoms with Crippen LogP contribution in [-0.4, -0.2) is 55.0 Å². The van der Waals surface area contributed by atoms with E-state index in [1.807, 2.05) is 0 Å². The molecule has 150 valence electrons. The van der Waals surface area contributed by atoms with Crippen LogP contribution in [0.1, 0.15) is 16.5 Å². The number of phenols is 1. The number of nitrogens with two attached hydrogens (primary N) is 1. The fourth-order valence-corrected chi connectivity index (χ4v) is 5.37. The summed E-state index contributed by atoms with van der Waals surface area (Å²) in [6.45, 7) is 0. The van der Waals surface area contributed by atoms with Crippen molar-refractivity contribution in [3.8, 4) is 5.75 Å². The van der Waals surface area contributed by atoms with Crippen LogP contribution in [0.2, 0.25) is 0 Å². The molecule has 1 saturated heterocycles. The zero-order chi connectivity index (χ0) is 20.7. The topological polar surface area (TPSA) is 146 Å². The lowest BCUT2D eigenvalue weighted by Gasteiger charge is -2.49. The first-order valence-electron chi connectivity index (χ1n) is 8.53. The summed E-state index contributed by atoms with van der Waals surface area (Å²) in [5.41, 5.74) is 8.51. The molecule has 3 heterocycles. The molecule has 3 unspecified atom stereocenters. The molecule has 4 rings (SSSR count). The van der Waals surface area contributed by atoms with Crippen LogP contribution in [0, 0.1) is 0 Å². The van der Waals surface area contributed by atoms with E-state index in [2.05, 4.69) is 10.3 Å². The van der Waals surface area contributed by atoms with Crippen LogP contribution in [0.15, 0.2) is 41.7 Å². The first-order valence-corrected chi connectivity index (χ1v) is 10.5. The van der Waals surface area contributed by atoms with E-state index >= 15 is 0 Å². The van der Waals surface area contributed by atoms with E-state index in [-0.39, 0.29) is 11.4 Å². The van der Waals surface area contributed by atoms with Gasteiger partial charge in [0, 0.05) is 17.5 Å². The minimum atomic E-state index is -1.20. The van der Waals surface area contributed by atoms with Crippen molar-refractivity contribution in [1.29, 1.82) is 0 Å². The lowest BCUT2D eigenvalue weighted by atomic mass is 10.0. The molecule has 5 N–H and O–H groups in total. The van der Waals surface area contributed by atoms with Gasteiger partial charge in [-0.05, 0) is 17.7 Å². The van der Waals surface area contributed by atoms with E-state index < -0.39 is 35.2 Å². The molecule has 0 radical (unpaired) electrons. The Bertz CT molecular complexity index is 1010. The molecule has 0 saturated carbocycles. The maximum atomic E-state index is 12.7. The lowest BCUT2D eigenvalue weighted by Crippen LogP contribution is -2.70. The number of aromatic hydroxyl groups is 1. The molecule has 11 heteroatoms. The van der Waals surface area contributed by atoms with Gasteiger partial charge in [-0.15, -0.1) is 23.1 Å². The number of phenolic OH excluding ortho intramolecular Hbond substituents is 1. The Morgan fingerprint density at radius 1 is 1.31 bits per heavy atom. The van der Waals surface area contributed by atoms with Gasteiger partial charge in [-0.2, -0.15) is 0 Å². The van der Waals surface area contributed by atoms with E-state index in [0.29, 0.717) is 21.8 Å². The van der Waals surface area contributed by atoms with Crippen molar-refractivity contribution >= 4 is 46.5 Å². The number of fused-ring (bicyclic) bond motifs is 1. The van der Waals surface area contributed by atoms with Gasteiger partial charge in [0.1, 0.15) is 28.9 Å². The molecule has 3 atom stereocenters. The quantitative estimate of drug-likeness (QED) is 0.506. The van der Waals surface area contributed by atoms with Crippen LogP contribution in [0.5, 0.6) is 5.75 Å². The van der Waals surface area contributed by atoms with Crippen LogP contribution >= 0.6 is 23.1 Å². The number of aromatic nitrogens is 1. The van der Waals surface area contributed by atoms with Gasteiger partial charge in [0.15, 0.2) is 0 Å². The molecule has 2 aliphatic heterocycles. The highest BCUT2D eigenvalue weighted by Crippen LogP contribution is 2.43. The summed E-state index contributed by atoms with van der Waals surface area (Å²) in [4.78, 5) is 42.9. The molecule has 1 aromatic heterocycles. The molecule has 2 aromatic rings. The number of rotatable bonds is 5. The van der Waals surface area contributed by atoms with Gasteiger partial charge < -0.3 is 21.3 Å². The molecule has 2 aliphatic rings. The summed E-state index contributed by atoms with van der Waals surface area (Å²) in [6, 6.07) is 4.01. The molecular weight excluding hydrogens is 416 g/mol. The van der Waals surface area contributed by atoms with Crippen molar-refractivity contribution in [2.75, 3.05) is 5.75 Å². The van der Waals surface area contributed by atoms with Crippen LogP contribution in [0.3, 0.4) is 0 Å². The predicted molar refractivity (Wildman–Crippen MR) is 107 cm³/mol. The van der Waals surface area contributed by atoms with Gasteiger partial charge >= 0.3 is 5.97 Å². The second-order valence-electron chi connectivity index (χ2n) is 6.46. The van der Waals surface area contributed by atoms with Crippen LogP contribution in [0.4, 0.5) is 0 Å². The highest BCUT2D eigenvalue weighted by atomic mass is 32.2. The maximum absolute atomic E-state index is 12.7. The number of hydrogen-bond acceptors (Lipinski definition) is 8. The van der Waals surface area contributed by atoms with Crippen LogP contribution in [0.25, 0.3) is 5.57 Å². The van der Waals surface area contributed by atoms with Gasteiger partial charge in [0.05, 0.1) is 10.4 Å². The number of hydrogen-bond donors (Lipinski definition) is 4. The summed E-state index contributed by atoms with van der Waals surface area (Å²) >= 11 is 2.68. The first-order chi connectivity index (χ1) is 13.9. The Morgan fingerprint density at radius 2 is 2.03 bits per heavy atom. The molecule has 0 aliphatic carbocycles. The third-order valence-electron chi connectivity index (χ3n) is 4.73. The Morgan fingerprint density at radius 3 is 2.66 bits per heavy atom. The van der Waals surface area contributed by atoms with Crippen molar-refractivity contribution in [2.24, 2.45) is 5.73 Å². The second-order valence-corrected chi connectivity index (χ2v) is 8.45. The third kappa shape index (κ3) is 3.37. The number of carbonyl (C=O) groups is 3. The Kier molecular flexibility index (Phi) is 5.03. The summed E-state index contributed by atoms with van der Waals surface area (Å²) < 4.78 is 0. The number of nitrogens with one attached hydrogen (secondary N) is 1. The van der Waals surface area contributed by atoms with Crippen LogP contribution < -0.4 is 11.1 Å². The first kappa shape index (κ1) is 19.4. The van der Waals surface area contributed by atoms with Crippen molar-refractivity contribution in [1.82, 2.24) is 15.2 Å². The molecule has 0 bridgehead atoms. The largest absolute Gasteiger partial charge is 0.508 e. The fourth-order valence-electron chi connectivity index (χ4n) is 3.25. The number of nitrogens with zero attached hydrogens (tertiary/aromatic N) is 2. The fraction of sp³-hybridized carbons (Fsp3) is 0.222. The Labute approximate surface area is 173 Å². The summed E-state index contributed by atoms with van der Waals surface area (Å²) in [6.07, 6.45) is 1.57. The van der Waals surface area contributed by atoms with E-state index in [0.717, 1.165) is 0 Å². The van der Waals surface area contributed by atoms with Crippen molar-refractivity contribution in [3.63, 3.8) is 0 Å². The van der Waals surface area contributed by atoms with E-state index in [1.54, 1.807) is 11.7 Å². The number of amides is 2. The second kappa shape index (κ2) is 7.50. The number of carbonyl (C=O) groups excluding carboxylic acids is 2. The normalized spacial score (nSPS) is 22.0. The highest BCUT2D eigenvalue weighted by Gasteiger charge is 2.54. The molecule has 0 spiro atoms. The number of thioether (sulfide) groups is 1. The van der Waals surface area contributed by atoms with Gasteiger partial charge in [0.2, 0.25) is 5.91 Å². The van der Waals surface area contributed by atoms with Crippen molar-refractivity contribution < 1.29 is 24.6 Å². The average Bonchev–Trinajstić information content (AvgIpc) is 3.25. The number of thiazole rings is 1. The molecule has 29 heavy (non-hydrogen) atoms. The van der Waals surface area contributed by atoms with Crippen LogP contribution in [-0.2, 0) is 14.4 Å². The van der Waals surface area contributed by atoms with E-state index in [4.69, 9.17) is 5.73 Å². The third-order valence-corrected chi connectivity index (χ3v) is 6.85. The van der Waals surface area contributed by atoms with Gasteiger partial charge in [0.25, 0.3) is 5.91 Å². The number of aliphatic carboxylic acids is 1. The SMILES string of the molecule is NC(C(=O)NC1C(=O)N2C(C(=O)O)=C(c3cncs3)CSC12)c1ccc(O)cc1. The minimum Gasteiger partial charge on any atom is -0.508 e. The smallest absolute Gasteiger partial charge is 0.353 e. The number of β-lactam (4-membered cyclic amide) rings is 1. The lowest BCUT2D eigenvalue weighted by molar-refractivity contribution is -0.150. The maximum Gasteiger partial charge on any atom is 0.353 e. The average molecular weight is 432 g/mol. The zero-order valence-electron chi connectivity index (χ0n) is 14.8. The van der Waals surface area contributed by atoms with Crippen molar-refractivity contribution in [2.45, 2.75) is 17.5 Å². The van der Waals surface area contributed by atoms with Gasteiger partial charge in [-0.1, -0.05) is 12.1 Å². The van der Waals surface area contributed by atoms with Crippen molar-refractivity contribution in [3.05, 3.63) is 52.1 Å². The summed E-state index contributed by atoms with van der Waals surface area (Å²) in [5, 5.41) is 21.1. The van der Waals surface area contributed by atoms with E-state index in [9.17, 15) is 24.6 Å². The summed E-state index contributed by atoms with van der Waals surface area (Å²) in [7, 11) is 0. The van der Waals surface area contributed by atoms with E-state index in [1.165, 1.54) is 52.3 Å². The molecule has 1 fully saturated rings. The molecule has 1 aromatic carbocycles.